The fourth-order valence-corrected chi connectivity index (χ4v) is 2.51. The molecule has 4 heteroatoms. The maximum Gasteiger partial charge on any atom is 0.171 e. The van der Waals surface area contributed by atoms with Crippen LogP contribution in [0.2, 0.25) is 0 Å². The molecule has 71 valence electrons. The number of pyridine rings is 1. The van der Waals surface area contributed by atoms with Crippen molar-refractivity contribution in [2.45, 2.75) is 18.9 Å². The molecule has 0 saturated carbocycles. The quantitative estimate of drug-likeness (QED) is 0.565. The molecule has 3 radical (unpaired) electrons. The molecule has 1 aromatic heterocycles. The van der Waals surface area contributed by atoms with E-state index in [1.54, 1.807) is 0 Å². The molecule has 3 heterocycles. The molecule has 0 amide bonds. The van der Waals surface area contributed by atoms with Gasteiger partial charge >= 0.3 is 0 Å². The van der Waals surface area contributed by atoms with Crippen LogP contribution >= 0.6 is 0 Å². The fraction of sp³-hybridized carbons (Fsp3) is 0.500. The largest absolute Gasteiger partial charge is 0.488 e. The number of fused-ring (bicyclic) bond motifs is 3. The second-order valence-corrected chi connectivity index (χ2v) is 4.35. The summed E-state index contributed by atoms with van der Waals surface area (Å²) in [5, 5.41) is 1.00. The summed E-state index contributed by atoms with van der Waals surface area (Å²) in [4.78, 5) is 6.76. The van der Waals surface area contributed by atoms with E-state index < -0.39 is 0 Å². The molecule has 1 atom stereocenters. The number of hydrogen-bond donors (Lipinski definition) is 0. The second kappa shape index (κ2) is 2.98. The van der Waals surface area contributed by atoms with Gasteiger partial charge in [-0.15, -0.1) is 0 Å². The molecule has 0 spiro atoms. The number of aromatic nitrogens is 1. The predicted octanol–water partition coefficient (Wildman–Crippen LogP) is 0.237. The van der Waals surface area contributed by atoms with Gasteiger partial charge in [-0.3, -0.25) is 0 Å². The van der Waals surface area contributed by atoms with Crippen molar-refractivity contribution >= 4 is 21.2 Å². The van der Waals surface area contributed by atoms with Crippen LogP contribution in [0.1, 0.15) is 12.8 Å². The van der Waals surface area contributed by atoms with E-state index in [9.17, 15) is 0 Å². The van der Waals surface area contributed by atoms with Gasteiger partial charge in [0.2, 0.25) is 0 Å². The van der Waals surface area contributed by atoms with Gasteiger partial charge < -0.3 is 9.64 Å². The zero-order valence-corrected chi connectivity index (χ0v) is 8.86. The van der Waals surface area contributed by atoms with Crippen LogP contribution in [0.25, 0.3) is 0 Å². The Morgan fingerprint density at radius 2 is 2.50 bits per heavy atom. The van der Waals surface area contributed by atoms with E-state index in [2.05, 4.69) is 20.1 Å². The highest BCUT2D eigenvalue weighted by Crippen LogP contribution is 2.34. The minimum Gasteiger partial charge on any atom is -0.488 e. The summed E-state index contributed by atoms with van der Waals surface area (Å²) in [6.45, 7) is 1.92. The SMILES string of the molecule is [Si]c1ccnc2c1OC[C@@H]1CCCN21. The molecule has 1 saturated heterocycles. The van der Waals surface area contributed by atoms with Crippen LogP contribution < -0.4 is 14.8 Å². The van der Waals surface area contributed by atoms with Crippen molar-refractivity contribution in [1.29, 1.82) is 0 Å². The third kappa shape index (κ3) is 1.07. The molecule has 3 nitrogen and oxygen atoms in total. The van der Waals surface area contributed by atoms with Crippen molar-refractivity contribution < 1.29 is 4.74 Å². The van der Waals surface area contributed by atoms with Gasteiger partial charge in [0.15, 0.2) is 11.6 Å². The summed E-state index contributed by atoms with van der Waals surface area (Å²) >= 11 is 0. The minimum atomic E-state index is 0.545. The van der Waals surface area contributed by atoms with Gasteiger partial charge in [-0.2, -0.15) is 0 Å². The van der Waals surface area contributed by atoms with Crippen molar-refractivity contribution in [2.75, 3.05) is 18.1 Å². The van der Waals surface area contributed by atoms with E-state index in [0.717, 1.165) is 29.9 Å². The molecule has 0 unspecified atom stereocenters. The Balaban J connectivity index is 2.09. The van der Waals surface area contributed by atoms with Crippen molar-refractivity contribution in [1.82, 2.24) is 4.98 Å². The Bertz CT molecular complexity index is 369. The molecule has 0 aliphatic carbocycles. The molecular formula is C10H11N2OSi. The van der Waals surface area contributed by atoms with Gasteiger partial charge in [0, 0.05) is 12.7 Å². The lowest BCUT2D eigenvalue weighted by Gasteiger charge is -2.32. The molecule has 1 aromatic rings. The zero-order valence-electron chi connectivity index (χ0n) is 7.86. The minimum absolute atomic E-state index is 0.545. The molecule has 1 fully saturated rings. The van der Waals surface area contributed by atoms with Gasteiger partial charge in [-0.25, -0.2) is 4.98 Å². The molecule has 0 bridgehead atoms. The smallest absolute Gasteiger partial charge is 0.171 e. The number of ether oxygens (including phenoxy) is 1. The van der Waals surface area contributed by atoms with Crippen LogP contribution in [-0.4, -0.2) is 34.4 Å². The van der Waals surface area contributed by atoms with Gasteiger partial charge in [-0.05, 0) is 24.1 Å². The van der Waals surface area contributed by atoms with E-state index in [4.69, 9.17) is 4.74 Å². The Hall–Kier alpha value is -1.03. The maximum absolute atomic E-state index is 5.72. The lowest BCUT2D eigenvalue weighted by atomic mass is 10.2. The molecule has 0 N–H and O–H groups in total. The molecule has 3 rings (SSSR count). The average Bonchev–Trinajstić information content (AvgIpc) is 2.66. The van der Waals surface area contributed by atoms with Gasteiger partial charge in [0.05, 0.1) is 16.3 Å². The zero-order chi connectivity index (χ0) is 9.54. The highest BCUT2D eigenvalue weighted by atomic mass is 28.1. The Kier molecular flexibility index (Phi) is 1.77. The first-order valence-electron chi connectivity index (χ1n) is 4.96. The predicted molar refractivity (Wildman–Crippen MR) is 55.5 cm³/mol. The molecule has 14 heavy (non-hydrogen) atoms. The van der Waals surface area contributed by atoms with E-state index in [1.807, 2.05) is 12.3 Å². The molecule has 2 aliphatic rings. The highest BCUT2D eigenvalue weighted by Gasteiger charge is 2.32. The third-order valence-corrected chi connectivity index (χ3v) is 3.35. The molecular weight excluding hydrogens is 192 g/mol. The monoisotopic (exact) mass is 203 g/mol. The van der Waals surface area contributed by atoms with Crippen LogP contribution in [0, 0.1) is 0 Å². The van der Waals surface area contributed by atoms with E-state index in [0.29, 0.717) is 6.04 Å². The summed E-state index contributed by atoms with van der Waals surface area (Å²) in [7, 11) is 3.54. The first kappa shape index (κ1) is 8.29. The lowest BCUT2D eigenvalue weighted by molar-refractivity contribution is 0.272. The van der Waals surface area contributed by atoms with Crippen LogP contribution in [-0.2, 0) is 0 Å². The third-order valence-electron chi connectivity index (χ3n) is 2.95. The summed E-state index contributed by atoms with van der Waals surface area (Å²) in [5.74, 6) is 1.91. The number of rotatable bonds is 0. The molecule has 2 aliphatic heterocycles. The van der Waals surface area contributed by atoms with Crippen molar-refractivity contribution in [2.24, 2.45) is 0 Å². The van der Waals surface area contributed by atoms with Gasteiger partial charge in [0.25, 0.3) is 0 Å². The fourth-order valence-electron chi connectivity index (χ4n) is 2.25. The Morgan fingerprint density at radius 3 is 3.43 bits per heavy atom. The van der Waals surface area contributed by atoms with E-state index in [-0.39, 0.29) is 0 Å². The number of nitrogens with zero attached hydrogens (tertiary/aromatic N) is 2. The topological polar surface area (TPSA) is 25.4 Å². The summed E-state index contributed by atoms with van der Waals surface area (Å²) < 4.78 is 5.72. The molecule has 0 aromatic carbocycles. The number of anilines is 1. The van der Waals surface area contributed by atoms with Crippen molar-refractivity contribution in [3.8, 4) is 5.75 Å². The van der Waals surface area contributed by atoms with E-state index in [1.165, 1.54) is 12.8 Å². The Labute approximate surface area is 86.5 Å². The maximum atomic E-state index is 5.72. The van der Waals surface area contributed by atoms with Crippen molar-refractivity contribution in [3.05, 3.63) is 12.3 Å². The van der Waals surface area contributed by atoms with Gasteiger partial charge in [0.1, 0.15) is 6.61 Å². The van der Waals surface area contributed by atoms with Crippen LogP contribution in [0.3, 0.4) is 0 Å². The standard InChI is InChI=1S/C10H11N2OSi/c14-8-3-4-11-10-9(8)13-6-7-2-1-5-12(7)10/h3-4,7H,1-2,5-6H2/t7-/m0/s1. The van der Waals surface area contributed by atoms with E-state index >= 15 is 0 Å². The Morgan fingerprint density at radius 1 is 1.57 bits per heavy atom. The summed E-state index contributed by atoms with van der Waals surface area (Å²) in [6, 6.07) is 2.47. The van der Waals surface area contributed by atoms with Crippen LogP contribution in [0.15, 0.2) is 12.3 Å². The van der Waals surface area contributed by atoms with Crippen LogP contribution in [0.5, 0.6) is 5.75 Å². The average molecular weight is 203 g/mol. The summed E-state index contributed by atoms with van der Waals surface area (Å²) in [6.07, 6.45) is 4.30. The first-order chi connectivity index (χ1) is 6.86. The normalized spacial score (nSPS) is 24.1. The van der Waals surface area contributed by atoms with Gasteiger partial charge in [-0.1, -0.05) is 0 Å². The first-order valence-corrected chi connectivity index (χ1v) is 5.46. The second-order valence-electron chi connectivity index (χ2n) is 3.81. The van der Waals surface area contributed by atoms with Crippen LogP contribution in [0.4, 0.5) is 5.82 Å². The van der Waals surface area contributed by atoms with Crippen molar-refractivity contribution in [3.63, 3.8) is 0 Å². The summed E-state index contributed by atoms with van der Waals surface area (Å²) in [5.41, 5.74) is 0. The number of hydrogen-bond acceptors (Lipinski definition) is 3. The lowest BCUT2D eigenvalue weighted by Crippen LogP contribution is -2.40. The highest BCUT2D eigenvalue weighted by molar-refractivity contribution is 6.34.